The van der Waals surface area contributed by atoms with Gasteiger partial charge < -0.3 is 0 Å². The number of nitrogens with zero attached hydrogens (tertiary/aromatic N) is 2. The summed E-state index contributed by atoms with van der Waals surface area (Å²) in [6.07, 6.45) is 0. The number of halogens is 4. The Morgan fingerprint density at radius 3 is 2.00 bits per heavy atom. The van der Waals surface area contributed by atoms with E-state index in [2.05, 4.69) is 0 Å². The lowest BCUT2D eigenvalue weighted by atomic mass is 10.4. The molecule has 0 aliphatic carbocycles. The van der Waals surface area contributed by atoms with E-state index in [9.17, 15) is 8.42 Å². The fourth-order valence-electron chi connectivity index (χ4n) is 0.766. The van der Waals surface area contributed by atoms with Gasteiger partial charge >= 0.3 is 0 Å². The molecule has 106 valence electrons. The Hall–Kier alpha value is 0.910. The highest BCUT2D eigenvalue weighted by atomic mass is 35.5. The molecule has 0 amide bonds. The molecule has 0 heterocycles. The number of sulfonamides is 1. The van der Waals surface area contributed by atoms with Gasteiger partial charge in [-0.05, 0) is 32.7 Å². The van der Waals surface area contributed by atoms with Gasteiger partial charge in [-0.1, -0.05) is 23.2 Å². The van der Waals surface area contributed by atoms with Crippen molar-refractivity contribution in [1.29, 1.82) is 5.26 Å². The van der Waals surface area contributed by atoms with Crippen LogP contribution < -0.4 is 0 Å². The second-order valence-electron chi connectivity index (χ2n) is 3.61. The maximum atomic E-state index is 12.1. The first-order valence-corrected chi connectivity index (χ1v) is 8.65. The molecule has 0 bridgehead atoms. The number of hydrogen-bond donors (Lipinski definition) is 0. The summed E-state index contributed by atoms with van der Waals surface area (Å²) >= 11 is 23.3. The maximum absolute atomic E-state index is 12.1. The molecule has 0 fully saturated rings. The molecule has 18 heavy (non-hydrogen) atoms. The minimum absolute atomic E-state index is 0.513. The smallest absolute Gasteiger partial charge is 0.211 e. The summed E-state index contributed by atoms with van der Waals surface area (Å²) in [5.74, 6) is 0. The van der Waals surface area contributed by atoms with Crippen molar-refractivity contribution in [3.63, 3.8) is 0 Å². The van der Waals surface area contributed by atoms with Gasteiger partial charge in [-0.15, -0.1) is 26.9 Å². The van der Waals surface area contributed by atoms with Gasteiger partial charge in [-0.3, -0.25) is 0 Å². The summed E-state index contributed by atoms with van der Waals surface area (Å²) < 4.78 is 23.2. The molecule has 0 aliphatic heterocycles. The van der Waals surface area contributed by atoms with E-state index < -0.39 is 29.8 Å². The number of alkyl halides is 4. The predicted molar refractivity (Wildman–Crippen MR) is 78.5 cm³/mol. The minimum Gasteiger partial charge on any atom is -0.211 e. The highest BCUT2D eigenvalue weighted by Crippen LogP contribution is 2.46. The summed E-state index contributed by atoms with van der Waals surface area (Å²) in [7, 11) is -3.73. The van der Waals surface area contributed by atoms with Crippen LogP contribution in [0.25, 0.3) is 0 Å². The second-order valence-corrected chi connectivity index (χ2v) is 10.4. The number of hydrogen-bond acceptors (Lipinski definition) is 4. The van der Waals surface area contributed by atoms with Crippen molar-refractivity contribution in [3.05, 3.63) is 0 Å². The predicted octanol–water partition coefficient (Wildman–Crippen LogP) is 3.52. The first kappa shape index (κ1) is 18.9. The molecule has 0 N–H and O–H groups in total. The zero-order chi connectivity index (χ0) is 14.7. The van der Waals surface area contributed by atoms with Gasteiger partial charge in [0.2, 0.25) is 13.7 Å². The van der Waals surface area contributed by atoms with E-state index in [0.717, 1.165) is 3.71 Å². The zero-order valence-electron chi connectivity index (χ0n) is 9.77. The van der Waals surface area contributed by atoms with Crippen LogP contribution in [0.4, 0.5) is 0 Å². The number of rotatable bonds is 6. The van der Waals surface area contributed by atoms with Crippen LogP contribution in [-0.4, -0.2) is 31.9 Å². The highest BCUT2D eigenvalue weighted by molar-refractivity contribution is 8.11. The van der Waals surface area contributed by atoms with E-state index in [-0.39, 0.29) is 0 Å². The lowest BCUT2D eigenvalue weighted by Gasteiger charge is -2.30. The van der Waals surface area contributed by atoms with Gasteiger partial charge in [0.1, 0.15) is 6.04 Å². The Morgan fingerprint density at radius 2 is 1.72 bits per heavy atom. The van der Waals surface area contributed by atoms with Crippen molar-refractivity contribution in [2.24, 2.45) is 0 Å². The minimum atomic E-state index is -3.73. The van der Waals surface area contributed by atoms with Crippen LogP contribution in [0.1, 0.15) is 20.8 Å². The quantitative estimate of drug-likeness (QED) is 0.527. The Bertz CT molecular complexity index is 419. The molecule has 0 aromatic carbocycles. The van der Waals surface area contributed by atoms with E-state index in [0.29, 0.717) is 11.9 Å². The van der Waals surface area contributed by atoms with Crippen molar-refractivity contribution in [3.8, 4) is 6.07 Å². The molecule has 4 nitrogen and oxygen atoms in total. The maximum Gasteiger partial charge on any atom is 0.226 e. The van der Waals surface area contributed by atoms with Gasteiger partial charge in [0.05, 0.1) is 11.3 Å². The van der Waals surface area contributed by atoms with Gasteiger partial charge in [-0.2, -0.15) is 5.26 Å². The van der Waals surface area contributed by atoms with E-state index in [1.807, 2.05) is 6.07 Å². The van der Waals surface area contributed by atoms with Crippen LogP contribution >= 0.6 is 58.4 Å². The zero-order valence-corrected chi connectivity index (χ0v) is 14.4. The first-order chi connectivity index (χ1) is 7.96. The standard InChI is InChI=1S/C8H12Cl4N2O2S2/c1-5(2)18(15,16)14(6(3)4-13)17-8(11,12)7(9)10/h5-7H,1-3H3. The number of nitriles is 1. The van der Waals surface area contributed by atoms with E-state index in [4.69, 9.17) is 51.7 Å². The Balaban J connectivity index is 5.38. The monoisotopic (exact) mass is 372 g/mol. The molecule has 0 rings (SSSR count). The Kier molecular flexibility index (Phi) is 7.43. The lowest BCUT2D eigenvalue weighted by molar-refractivity contribution is 0.515. The van der Waals surface area contributed by atoms with Gasteiger partial charge in [-0.25, -0.2) is 8.42 Å². The van der Waals surface area contributed by atoms with Crippen molar-refractivity contribution in [2.75, 3.05) is 0 Å². The first-order valence-electron chi connectivity index (χ1n) is 4.74. The molecular formula is C8H12Cl4N2O2S2. The van der Waals surface area contributed by atoms with Crippen molar-refractivity contribution >= 4 is 68.4 Å². The van der Waals surface area contributed by atoms with Crippen LogP contribution in [0.5, 0.6) is 0 Å². The van der Waals surface area contributed by atoms with Gasteiger partial charge in [0.25, 0.3) is 0 Å². The summed E-state index contributed by atoms with van der Waals surface area (Å²) in [6.45, 7) is 4.38. The summed E-state index contributed by atoms with van der Waals surface area (Å²) in [5, 5.41) is 8.14. The molecule has 0 aliphatic rings. The molecular weight excluding hydrogens is 362 g/mol. The van der Waals surface area contributed by atoms with Gasteiger partial charge in [0.15, 0.2) is 4.84 Å². The van der Waals surface area contributed by atoms with Crippen LogP contribution in [0.3, 0.4) is 0 Å². The second kappa shape index (κ2) is 7.07. The van der Waals surface area contributed by atoms with Crippen LogP contribution in [0.2, 0.25) is 0 Å². The third-order valence-corrected chi connectivity index (χ3v) is 7.86. The molecule has 0 spiro atoms. The van der Waals surface area contributed by atoms with Crippen molar-refractivity contribution in [1.82, 2.24) is 3.71 Å². The lowest BCUT2D eigenvalue weighted by Crippen LogP contribution is -2.40. The topological polar surface area (TPSA) is 61.2 Å². The molecule has 0 aromatic rings. The Labute approximate surface area is 132 Å². The fraction of sp³-hybridized carbons (Fsp3) is 0.875. The highest BCUT2D eigenvalue weighted by Gasteiger charge is 2.42. The molecule has 10 heteroatoms. The van der Waals surface area contributed by atoms with Crippen molar-refractivity contribution in [2.45, 2.75) is 40.6 Å². The molecule has 1 atom stereocenters. The van der Waals surface area contributed by atoms with Crippen LogP contribution in [0, 0.1) is 11.3 Å². The molecule has 1 unspecified atom stereocenters. The molecule has 0 radical (unpaired) electrons. The van der Waals surface area contributed by atoms with E-state index >= 15 is 0 Å². The third kappa shape index (κ3) is 4.78. The largest absolute Gasteiger partial charge is 0.226 e. The SMILES string of the molecule is CC(C#N)N(SC(Cl)(Cl)C(Cl)Cl)S(=O)(=O)C(C)C. The van der Waals surface area contributed by atoms with Crippen molar-refractivity contribution < 1.29 is 8.42 Å². The van der Waals surface area contributed by atoms with E-state index in [1.54, 1.807) is 0 Å². The van der Waals surface area contributed by atoms with E-state index in [1.165, 1.54) is 20.8 Å². The normalized spacial score (nSPS) is 15.2. The summed E-state index contributed by atoms with van der Waals surface area (Å²) in [4.78, 5) is -1.22. The Morgan fingerprint density at radius 1 is 1.28 bits per heavy atom. The summed E-state index contributed by atoms with van der Waals surface area (Å²) in [6, 6.07) is 0.858. The average Bonchev–Trinajstić information content (AvgIpc) is 2.24. The molecule has 0 aromatic heterocycles. The summed E-state index contributed by atoms with van der Waals surface area (Å²) in [5.41, 5.74) is 0. The fourth-order valence-corrected chi connectivity index (χ4v) is 4.41. The van der Waals surface area contributed by atoms with Gasteiger partial charge in [0, 0.05) is 0 Å². The van der Waals surface area contributed by atoms with Crippen LogP contribution in [0.15, 0.2) is 0 Å². The third-order valence-electron chi connectivity index (χ3n) is 1.82. The van der Waals surface area contributed by atoms with Crippen LogP contribution in [-0.2, 0) is 10.0 Å². The molecule has 0 saturated heterocycles. The molecule has 0 saturated carbocycles. The average molecular weight is 374 g/mol.